The highest BCUT2D eigenvalue weighted by Crippen LogP contribution is 2.36. The van der Waals surface area contributed by atoms with Crippen LogP contribution in [-0.4, -0.2) is 19.2 Å². The Labute approximate surface area is 110 Å². The summed E-state index contributed by atoms with van der Waals surface area (Å²) in [5, 5.41) is 3.20. The van der Waals surface area contributed by atoms with Gasteiger partial charge in [0.2, 0.25) is 12.7 Å². The van der Waals surface area contributed by atoms with E-state index in [1.807, 2.05) is 0 Å². The summed E-state index contributed by atoms with van der Waals surface area (Å²) in [4.78, 5) is 10.6. The lowest BCUT2D eigenvalue weighted by molar-refractivity contribution is -0.118. The van der Waals surface area contributed by atoms with Crippen molar-refractivity contribution in [3.8, 4) is 23.3 Å². The van der Waals surface area contributed by atoms with Crippen molar-refractivity contribution in [1.29, 1.82) is 0 Å². The summed E-state index contributed by atoms with van der Waals surface area (Å²) >= 11 is 6.06. The monoisotopic (exact) mass is 265 g/mol. The van der Waals surface area contributed by atoms with Crippen LogP contribution in [0.1, 0.15) is 18.9 Å². The van der Waals surface area contributed by atoms with E-state index in [0.29, 0.717) is 35.1 Å². The van der Waals surface area contributed by atoms with Gasteiger partial charge in [-0.2, -0.15) is 0 Å². The third-order valence-electron chi connectivity index (χ3n) is 2.31. The molecular formula is C13H12ClNO3. The van der Waals surface area contributed by atoms with E-state index in [0.717, 1.165) is 0 Å². The minimum atomic E-state index is -0.0575. The van der Waals surface area contributed by atoms with Crippen molar-refractivity contribution in [1.82, 2.24) is 5.32 Å². The van der Waals surface area contributed by atoms with E-state index < -0.39 is 0 Å². The van der Waals surface area contributed by atoms with Crippen LogP contribution in [0, 0.1) is 11.8 Å². The maximum Gasteiger partial charge on any atom is 0.231 e. The minimum absolute atomic E-state index is 0.0575. The summed E-state index contributed by atoms with van der Waals surface area (Å²) in [6.45, 7) is 2.22. The number of ether oxygens (including phenoxy) is 2. The van der Waals surface area contributed by atoms with Crippen molar-refractivity contribution in [3.05, 3.63) is 22.7 Å². The molecule has 1 aliphatic rings. The molecule has 0 atom stereocenters. The summed E-state index contributed by atoms with van der Waals surface area (Å²) in [7, 11) is 0. The normalized spacial score (nSPS) is 11.7. The van der Waals surface area contributed by atoms with Crippen molar-refractivity contribution < 1.29 is 14.3 Å². The van der Waals surface area contributed by atoms with Crippen molar-refractivity contribution >= 4 is 17.5 Å². The van der Waals surface area contributed by atoms with Crippen LogP contribution in [0.15, 0.2) is 12.1 Å². The summed E-state index contributed by atoms with van der Waals surface area (Å²) in [6.07, 6.45) is 0.574. The Morgan fingerprint density at radius 2 is 2.17 bits per heavy atom. The number of hydrogen-bond donors (Lipinski definition) is 1. The van der Waals surface area contributed by atoms with Gasteiger partial charge in [-0.1, -0.05) is 23.4 Å². The largest absolute Gasteiger partial charge is 0.454 e. The second kappa shape index (κ2) is 5.65. The Hall–Kier alpha value is -1.86. The third kappa shape index (κ3) is 3.08. The van der Waals surface area contributed by atoms with Gasteiger partial charge in [-0.3, -0.25) is 4.79 Å². The zero-order chi connectivity index (χ0) is 13.0. The van der Waals surface area contributed by atoms with Gasteiger partial charge in [0, 0.05) is 37.6 Å². The lowest BCUT2D eigenvalue weighted by Gasteiger charge is -1.99. The first-order valence-corrected chi connectivity index (χ1v) is 5.87. The second-order valence-corrected chi connectivity index (χ2v) is 4.13. The van der Waals surface area contributed by atoms with Gasteiger partial charge in [0.1, 0.15) is 0 Å². The standard InChI is InChI=1S/C13H12ClNO3/c1-9(16)15-5-3-2-4-10-6-12-13(7-11(10)14)18-8-17-12/h6-7H,3,5,8H2,1H3,(H,15,16). The lowest BCUT2D eigenvalue weighted by atomic mass is 10.2. The number of halogens is 1. The maximum atomic E-state index is 10.6. The topological polar surface area (TPSA) is 47.6 Å². The number of carbonyl (C=O) groups is 1. The van der Waals surface area contributed by atoms with E-state index in [-0.39, 0.29) is 12.7 Å². The molecule has 94 valence electrons. The summed E-state index contributed by atoms with van der Waals surface area (Å²) < 4.78 is 10.4. The Morgan fingerprint density at radius 1 is 1.44 bits per heavy atom. The number of rotatable bonds is 2. The van der Waals surface area contributed by atoms with E-state index in [2.05, 4.69) is 17.2 Å². The number of fused-ring (bicyclic) bond motifs is 1. The molecule has 1 N–H and O–H groups in total. The van der Waals surface area contributed by atoms with Gasteiger partial charge in [-0.05, 0) is 0 Å². The zero-order valence-corrected chi connectivity index (χ0v) is 10.6. The van der Waals surface area contributed by atoms with E-state index in [4.69, 9.17) is 21.1 Å². The van der Waals surface area contributed by atoms with Crippen LogP contribution in [0.2, 0.25) is 5.02 Å². The fraction of sp³-hybridized carbons (Fsp3) is 0.308. The molecule has 0 saturated carbocycles. The van der Waals surface area contributed by atoms with Crippen LogP contribution < -0.4 is 14.8 Å². The number of nitrogens with one attached hydrogen (secondary N) is 1. The molecule has 4 nitrogen and oxygen atoms in total. The first-order valence-electron chi connectivity index (χ1n) is 5.49. The molecule has 1 heterocycles. The fourth-order valence-corrected chi connectivity index (χ4v) is 1.67. The Morgan fingerprint density at radius 3 is 2.89 bits per heavy atom. The molecule has 2 rings (SSSR count). The van der Waals surface area contributed by atoms with Crippen LogP contribution in [0.5, 0.6) is 11.5 Å². The molecule has 5 heteroatoms. The molecule has 0 fully saturated rings. The fourth-order valence-electron chi connectivity index (χ4n) is 1.47. The van der Waals surface area contributed by atoms with E-state index in [1.165, 1.54) is 6.92 Å². The smallest absolute Gasteiger partial charge is 0.231 e. The van der Waals surface area contributed by atoms with E-state index in [1.54, 1.807) is 12.1 Å². The van der Waals surface area contributed by atoms with Crippen molar-refractivity contribution in [2.24, 2.45) is 0 Å². The highest BCUT2D eigenvalue weighted by molar-refractivity contribution is 6.32. The first-order chi connectivity index (χ1) is 8.66. The molecule has 1 aromatic carbocycles. The SMILES string of the molecule is CC(=O)NCCC#Cc1cc2c(cc1Cl)OCO2. The predicted octanol–water partition coefficient (Wildman–Crippen LogP) is 1.95. The minimum Gasteiger partial charge on any atom is -0.454 e. The molecule has 0 aromatic heterocycles. The highest BCUT2D eigenvalue weighted by Gasteiger charge is 2.15. The van der Waals surface area contributed by atoms with E-state index >= 15 is 0 Å². The molecule has 0 radical (unpaired) electrons. The van der Waals surface area contributed by atoms with E-state index in [9.17, 15) is 4.79 Å². The number of benzene rings is 1. The van der Waals surface area contributed by atoms with Crippen LogP contribution in [0.25, 0.3) is 0 Å². The van der Waals surface area contributed by atoms with Gasteiger partial charge in [-0.25, -0.2) is 0 Å². The molecule has 0 spiro atoms. The average Bonchev–Trinajstić information content (AvgIpc) is 2.75. The van der Waals surface area contributed by atoms with Crippen LogP contribution in [-0.2, 0) is 4.79 Å². The molecule has 0 bridgehead atoms. The molecule has 1 aromatic rings. The molecule has 1 aliphatic heterocycles. The molecule has 0 aliphatic carbocycles. The quantitative estimate of drug-likeness (QED) is 0.657. The first kappa shape index (κ1) is 12.6. The molecule has 1 amide bonds. The lowest BCUT2D eigenvalue weighted by Crippen LogP contribution is -2.20. The van der Waals surface area contributed by atoms with Gasteiger partial charge in [0.05, 0.1) is 5.02 Å². The maximum absolute atomic E-state index is 10.6. The van der Waals surface area contributed by atoms with Crippen LogP contribution >= 0.6 is 11.6 Å². The zero-order valence-electron chi connectivity index (χ0n) is 9.88. The molecule has 0 unspecified atom stereocenters. The van der Waals surface area contributed by atoms with Gasteiger partial charge in [0.15, 0.2) is 11.5 Å². The van der Waals surface area contributed by atoms with Gasteiger partial charge in [0.25, 0.3) is 0 Å². The van der Waals surface area contributed by atoms with Crippen molar-refractivity contribution in [2.45, 2.75) is 13.3 Å². The highest BCUT2D eigenvalue weighted by atomic mass is 35.5. The average molecular weight is 266 g/mol. The molecule has 18 heavy (non-hydrogen) atoms. The van der Waals surface area contributed by atoms with Crippen LogP contribution in [0.3, 0.4) is 0 Å². The number of amides is 1. The summed E-state index contributed by atoms with van der Waals surface area (Å²) in [5.74, 6) is 7.13. The van der Waals surface area contributed by atoms with Crippen molar-refractivity contribution in [3.63, 3.8) is 0 Å². The summed E-state index contributed by atoms with van der Waals surface area (Å²) in [6, 6.07) is 3.46. The number of carbonyl (C=O) groups excluding carboxylic acids is 1. The van der Waals surface area contributed by atoms with Gasteiger partial charge >= 0.3 is 0 Å². The molecular weight excluding hydrogens is 254 g/mol. The van der Waals surface area contributed by atoms with Crippen LogP contribution in [0.4, 0.5) is 0 Å². The summed E-state index contributed by atoms with van der Waals surface area (Å²) in [5.41, 5.74) is 0.698. The van der Waals surface area contributed by atoms with Gasteiger partial charge in [-0.15, -0.1) is 0 Å². The number of hydrogen-bond acceptors (Lipinski definition) is 3. The Balaban J connectivity index is 2.01. The predicted molar refractivity (Wildman–Crippen MR) is 67.8 cm³/mol. The van der Waals surface area contributed by atoms with Gasteiger partial charge < -0.3 is 14.8 Å². The van der Waals surface area contributed by atoms with Crippen molar-refractivity contribution in [2.75, 3.05) is 13.3 Å². The second-order valence-electron chi connectivity index (χ2n) is 3.72. The molecule has 0 saturated heterocycles. The third-order valence-corrected chi connectivity index (χ3v) is 2.62. The Bertz CT molecular complexity index is 531. The Kier molecular flexibility index (Phi) is 3.96.